The van der Waals surface area contributed by atoms with E-state index in [-0.39, 0.29) is 17.9 Å². The van der Waals surface area contributed by atoms with E-state index in [1.165, 1.54) is 0 Å². The molecule has 0 N–H and O–H groups in total. The van der Waals surface area contributed by atoms with Crippen molar-refractivity contribution < 1.29 is 18.0 Å². The highest BCUT2D eigenvalue weighted by Gasteiger charge is 2.58. The second kappa shape index (κ2) is 2.32. The fourth-order valence-corrected chi connectivity index (χ4v) is 2.70. The lowest BCUT2D eigenvalue weighted by Crippen LogP contribution is -2.35. The van der Waals surface area contributed by atoms with Gasteiger partial charge in [0.05, 0.1) is 5.92 Å². The van der Waals surface area contributed by atoms with Crippen molar-refractivity contribution in [3.8, 4) is 0 Å². The fraction of sp³-hybridized carbons (Fsp3) is 0.667. The minimum Gasteiger partial charge on any atom is -0.391 e. The quantitative estimate of drug-likeness (QED) is 0.552. The molecule has 2 aliphatic carbocycles. The molecule has 1 heterocycles. The van der Waals surface area contributed by atoms with E-state index in [4.69, 9.17) is 4.84 Å². The minimum atomic E-state index is -4.34. The summed E-state index contributed by atoms with van der Waals surface area (Å²) in [6, 6.07) is 0. The summed E-state index contributed by atoms with van der Waals surface area (Å²) in [5, 5.41) is 3.18. The van der Waals surface area contributed by atoms with Gasteiger partial charge in [0, 0.05) is 5.92 Å². The highest BCUT2D eigenvalue weighted by atomic mass is 19.4. The van der Waals surface area contributed by atoms with Gasteiger partial charge in [-0.05, 0) is 12.3 Å². The molecule has 0 aromatic heterocycles. The Hall–Kier alpha value is -1.00. The van der Waals surface area contributed by atoms with E-state index in [1.54, 1.807) is 0 Å². The third-order valence-electron chi connectivity index (χ3n) is 3.27. The van der Waals surface area contributed by atoms with Crippen molar-refractivity contribution in [2.75, 3.05) is 0 Å². The van der Waals surface area contributed by atoms with Crippen LogP contribution in [0, 0.1) is 17.8 Å². The van der Waals surface area contributed by atoms with E-state index >= 15 is 0 Å². The molecule has 3 rings (SSSR count). The standard InChI is InChI=1S/C9H8F3NO/c10-9(11,12)8-6-4-1-2-5(3-4)7(6)14-13-8/h1-2,4-7H,3H2/t4-,5-,6+,7-/m0/s1. The second-order valence-corrected chi connectivity index (χ2v) is 4.02. The Kier molecular flexibility index (Phi) is 1.38. The summed E-state index contributed by atoms with van der Waals surface area (Å²) in [6.07, 6.45) is -0.105. The maximum atomic E-state index is 12.5. The van der Waals surface area contributed by atoms with Crippen molar-refractivity contribution in [1.29, 1.82) is 0 Å². The Bertz CT molecular complexity index is 333. The van der Waals surface area contributed by atoms with E-state index in [0.29, 0.717) is 0 Å². The predicted octanol–water partition coefficient (Wildman–Crippen LogP) is 2.13. The Labute approximate surface area is 78.4 Å². The van der Waals surface area contributed by atoms with Crippen molar-refractivity contribution in [3.63, 3.8) is 0 Å². The zero-order valence-corrected chi connectivity index (χ0v) is 7.16. The van der Waals surface area contributed by atoms with E-state index in [9.17, 15) is 13.2 Å². The molecule has 0 amide bonds. The number of alkyl halides is 3. The fourth-order valence-electron chi connectivity index (χ4n) is 2.70. The van der Waals surface area contributed by atoms with Gasteiger partial charge in [-0.1, -0.05) is 17.3 Å². The average Bonchev–Trinajstić information content (AvgIpc) is 2.74. The van der Waals surface area contributed by atoms with Crippen molar-refractivity contribution >= 4 is 5.71 Å². The van der Waals surface area contributed by atoms with Crippen LogP contribution in [0.2, 0.25) is 0 Å². The van der Waals surface area contributed by atoms with Crippen LogP contribution in [0.25, 0.3) is 0 Å². The first kappa shape index (κ1) is 8.32. The molecule has 0 radical (unpaired) electrons. The van der Waals surface area contributed by atoms with Crippen LogP contribution >= 0.6 is 0 Å². The lowest BCUT2D eigenvalue weighted by Gasteiger charge is -2.19. The van der Waals surface area contributed by atoms with Gasteiger partial charge < -0.3 is 4.84 Å². The number of rotatable bonds is 0. The van der Waals surface area contributed by atoms with Gasteiger partial charge in [-0.3, -0.25) is 0 Å². The van der Waals surface area contributed by atoms with Crippen molar-refractivity contribution in [2.45, 2.75) is 18.7 Å². The average molecular weight is 203 g/mol. The Morgan fingerprint density at radius 1 is 1.29 bits per heavy atom. The Morgan fingerprint density at radius 2 is 2.00 bits per heavy atom. The number of allylic oxidation sites excluding steroid dienone is 1. The number of nitrogens with zero attached hydrogens (tertiary/aromatic N) is 1. The van der Waals surface area contributed by atoms with E-state index in [1.807, 2.05) is 12.2 Å². The Balaban J connectivity index is 1.95. The first-order chi connectivity index (χ1) is 6.57. The summed E-state index contributed by atoms with van der Waals surface area (Å²) in [4.78, 5) is 4.87. The van der Waals surface area contributed by atoms with E-state index in [0.717, 1.165) is 6.42 Å². The molecule has 0 saturated heterocycles. The molecular weight excluding hydrogens is 195 g/mol. The topological polar surface area (TPSA) is 21.6 Å². The molecule has 2 bridgehead atoms. The normalized spacial score (nSPS) is 43.8. The molecule has 76 valence electrons. The van der Waals surface area contributed by atoms with Crippen LogP contribution in [-0.2, 0) is 4.84 Å². The maximum absolute atomic E-state index is 12.5. The van der Waals surface area contributed by atoms with E-state index in [2.05, 4.69) is 5.16 Å². The van der Waals surface area contributed by atoms with Crippen LogP contribution in [-0.4, -0.2) is 18.0 Å². The molecule has 1 saturated carbocycles. The van der Waals surface area contributed by atoms with Crippen LogP contribution in [0.5, 0.6) is 0 Å². The molecular formula is C9H8F3NO. The monoisotopic (exact) mass is 203 g/mol. The van der Waals surface area contributed by atoms with Gasteiger partial charge in [-0.15, -0.1) is 0 Å². The number of oxime groups is 1. The van der Waals surface area contributed by atoms with Gasteiger partial charge in [-0.2, -0.15) is 13.2 Å². The highest BCUT2D eigenvalue weighted by Crippen LogP contribution is 2.50. The zero-order valence-electron chi connectivity index (χ0n) is 7.16. The van der Waals surface area contributed by atoms with Crippen LogP contribution in [0.4, 0.5) is 13.2 Å². The molecule has 0 aromatic carbocycles. The molecule has 1 aliphatic heterocycles. The highest BCUT2D eigenvalue weighted by molar-refractivity contribution is 5.93. The second-order valence-electron chi connectivity index (χ2n) is 4.02. The molecule has 4 atom stereocenters. The van der Waals surface area contributed by atoms with Crippen LogP contribution < -0.4 is 0 Å². The minimum absolute atomic E-state index is 0.0205. The molecule has 0 aromatic rings. The SMILES string of the molecule is FC(F)(F)C1=NO[C@@H]2[C@H]1[C@H]1C=C[C@H]2C1. The molecule has 1 fully saturated rings. The van der Waals surface area contributed by atoms with Crippen LogP contribution in [0.15, 0.2) is 17.3 Å². The third-order valence-corrected chi connectivity index (χ3v) is 3.27. The number of hydrogen-bond donors (Lipinski definition) is 0. The molecule has 2 nitrogen and oxygen atoms in total. The van der Waals surface area contributed by atoms with Gasteiger partial charge in [0.1, 0.15) is 6.10 Å². The van der Waals surface area contributed by atoms with Crippen molar-refractivity contribution in [3.05, 3.63) is 12.2 Å². The predicted molar refractivity (Wildman–Crippen MR) is 42.6 cm³/mol. The third kappa shape index (κ3) is 0.898. The van der Waals surface area contributed by atoms with Gasteiger partial charge in [0.25, 0.3) is 0 Å². The summed E-state index contributed by atoms with van der Waals surface area (Å²) in [5.41, 5.74) is -0.723. The van der Waals surface area contributed by atoms with E-state index < -0.39 is 17.8 Å². The summed E-state index contributed by atoms with van der Waals surface area (Å²) < 4.78 is 37.5. The van der Waals surface area contributed by atoms with Gasteiger partial charge in [0.2, 0.25) is 0 Å². The first-order valence-corrected chi connectivity index (χ1v) is 4.56. The smallest absolute Gasteiger partial charge is 0.391 e. The summed E-state index contributed by atoms with van der Waals surface area (Å²) in [6.45, 7) is 0. The molecule has 3 aliphatic rings. The first-order valence-electron chi connectivity index (χ1n) is 4.56. The molecule has 5 heteroatoms. The lowest BCUT2D eigenvalue weighted by atomic mass is 9.87. The summed E-state index contributed by atoms with van der Waals surface area (Å²) >= 11 is 0. The molecule has 0 spiro atoms. The molecule has 14 heavy (non-hydrogen) atoms. The largest absolute Gasteiger partial charge is 0.433 e. The zero-order chi connectivity index (χ0) is 9.92. The van der Waals surface area contributed by atoms with Gasteiger partial charge >= 0.3 is 6.18 Å². The van der Waals surface area contributed by atoms with Crippen LogP contribution in [0.3, 0.4) is 0 Å². The van der Waals surface area contributed by atoms with Gasteiger partial charge in [-0.25, -0.2) is 0 Å². The number of halogens is 3. The molecule has 0 unspecified atom stereocenters. The summed E-state index contributed by atoms with van der Waals surface area (Å²) in [5.74, 6) is -0.438. The van der Waals surface area contributed by atoms with Crippen molar-refractivity contribution in [1.82, 2.24) is 0 Å². The van der Waals surface area contributed by atoms with Gasteiger partial charge in [0.15, 0.2) is 5.71 Å². The maximum Gasteiger partial charge on any atom is 0.433 e. The van der Waals surface area contributed by atoms with Crippen LogP contribution in [0.1, 0.15) is 6.42 Å². The number of hydrogen-bond acceptors (Lipinski definition) is 2. The van der Waals surface area contributed by atoms with Crippen molar-refractivity contribution in [2.24, 2.45) is 22.9 Å². The number of fused-ring (bicyclic) bond motifs is 5. The summed E-state index contributed by atoms with van der Waals surface area (Å²) in [7, 11) is 0. The Morgan fingerprint density at radius 3 is 2.71 bits per heavy atom. The lowest BCUT2D eigenvalue weighted by molar-refractivity contribution is -0.0628.